The van der Waals surface area contributed by atoms with Gasteiger partial charge < -0.3 is 9.13 Å². The molecule has 2 nitrogen and oxygen atoms in total. The predicted molar refractivity (Wildman–Crippen MR) is 237 cm³/mol. The third kappa shape index (κ3) is 5.33. The molecule has 0 fully saturated rings. The van der Waals surface area contributed by atoms with E-state index in [1.807, 2.05) is 0 Å². The van der Waals surface area contributed by atoms with Gasteiger partial charge in [0.05, 0.1) is 22.1 Å². The summed E-state index contributed by atoms with van der Waals surface area (Å²) in [5.74, 6) is 0. The maximum absolute atomic E-state index is 4.48. The van der Waals surface area contributed by atoms with Crippen molar-refractivity contribution in [2.24, 2.45) is 0 Å². The molecule has 10 rings (SSSR count). The van der Waals surface area contributed by atoms with Crippen LogP contribution >= 0.6 is 6.89 Å². The first-order chi connectivity index (χ1) is 26.4. The van der Waals surface area contributed by atoms with Crippen LogP contribution in [-0.2, 0) is 0 Å². The third-order valence-electron chi connectivity index (χ3n) is 10.9. The zero-order chi connectivity index (χ0) is 36.4. The molecule has 54 heavy (non-hydrogen) atoms. The first kappa shape index (κ1) is 32.3. The van der Waals surface area contributed by atoms with E-state index in [4.69, 9.17) is 0 Å². The predicted octanol–water partition coefficient (Wildman–Crippen LogP) is 13.2. The molecule has 0 atom stereocenters. The van der Waals surface area contributed by atoms with Crippen molar-refractivity contribution >= 4 is 62.1 Å². The van der Waals surface area contributed by atoms with E-state index in [0.717, 1.165) is 5.69 Å². The lowest BCUT2D eigenvalue weighted by molar-refractivity contribution is 1.17. The van der Waals surface area contributed by atoms with Gasteiger partial charge in [0.15, 0.2) is 0 Å². The lowest BCUT2D eigenvalue weighted by Gasteiger charge is -2.15. The zero-order valence-corrected chi connectivity index (χ0v) is 31.3. The summed E-state index contributed by atoms with van der Waals surface area (Å²) in [4.78, 5) is 0. The van der Waals surface area contributed by atoms with Crippen LogP contribution in [0.5, 0.6) is 0 Å². The second-order valence-electron chi connectivity index (χ2n) is 14.8. The average Bonchev–Trinajstić information content (AvgIpc) is 3.74. The minimum Gasteiger partial charge on any atom is -0.309 e. The van der Waals surface area contributed by atoms with Gasteiger partial charge >= 0.3 is 0 Å². The largest absolute Gasteiger partial charge is 0.309 e. The summed E-state index contributed by atoms with van der Waals surface area (Å²) in [5.41, 5.74) is 14.5. The number of hydrogen-bond donors (Lipinski definition) is 0. The first-order valence-electron chi connectivity index (χ1n) is 18.5. The standard InChI is InChI=1S/C51H39N2P/c1-54(2,3)43-31-29-41(30-32-43)52-48-16-10-8-14-46(48)50-49(52)34-33-45-44-13-7-9-15-47(44)53(51(45)50)42-27-25-40(26-28-42)39-23-21-38(22-24-39)37-19-17-36(18-20-37)35-11-5-4-6-12-35/h4-34H,1H2,2-3H3. The highest BCUT2D eigenvalue weighted by Gasteiger charge is 2.21. The van der Waals surface area contributed by atoms with Crippen LogP contribution < -0.4 is 5.30 Å². The Morgan fingerprint density at radius 2 is 0.778 bits per heavy atom. The second kappa shape index (κ2) is 12.7. The van der Waals surface area contributed by atoms with Crippen molar-refractivity contribution in [3.8, 4) is 44.8 Å². The maximum atomic E-state index is 4.48. The lowest BCUT2D eigenvalue weighted by atomic mass is 9.98. The highest BCUT2D eigenvalue weighted by atomic mass is 31.2. The van der Waals surface area contributed by atoms with E-state index in [0.29, 0.717) is 0 Å². The molecule has 0 unspecified atom stereocenters. The fraction of sp³-hybridized carbons (Fsp3) is 0.0392. The van der Waals surface area contributed by atoms with E-state index in [-0.39, 0.29) is 0 Å². The van der Waals surface area contributed by atoms with E-state index in [9.17, 15) is 0 Å². The highest BCUT2D eigenvalue weighted by molar-refractivity contribution is 7.79. The molecule has 3 heteroatoms. The van der Waals surface area contributed by atoms with Crippen molar-refractivity contribution in [1.82, 2.24) is 9.13 Å². The van der Waals surface area contributed by atoms with Crippen molar-refractivity contribution in [3.63, 3.8) is 0 Å². The van der Waals surface area contributed by atoms with Crippen molar-refractivity contribution in [2.75, 3.05) is 13.3 Å². The monoisotopic (exact) mass is 710 g/mol. The Hall–Kier alpha value is -6.34. The SMILES string of the molecule is C=P(C)(C)c1ccc(-n2c3ccccc3c3c2ccc2c4ccccc4n(-c4ccc(-c5ccc(-c6ccc(-c7ccccc7)cc6)cc5)cc4)c23)cc1. The van der Waals surface area contributed by atoms with Crippen molar-refractivity contribution in [2.45, 2.75) is 0 Å². The molecule has 0 saturated heterocycles. The van der Waals surface area contributed by atoms with Gasteiger partial charge in [0, 0.05) is 32.9 Å². The van der Waals surface area contributed by atoms with E-state index < -0.39 is 6.89 Å². The van der Waals surface area contributed by atoms with Crippen molar-refractivity contribution in [3.05, 3.63) is 188 Å². The summed E-state index contributed by atoms with van der Waals surface area (Å²) in [7, 11) is 0. The second-order valence-corrected chi connectivity index (χ2v) is 18.7. The normalized spacial score (nSPS) is 12.0. The van der Waals surface area contributed by atoms with E-state index in [1.54, 1.807) is 0 Å². The van der Waals surface area contributed by atoms with Gasteiger partial charge in [-0.2, -0.15) is 0 Å². The number of benzene rings is 8. The van der Waals surface area contributed by atoms with Crippen LogP contribution in [0.3, 0.4) is 0 Å². The number of fused-ring (bicyclic) bond motifs is 7. The maximum Gasteiger partial charge on any atom is 0.0641 e. The van der Waals surface area contributed by atoms with Crippen LogP contribution in [0.4, 0.5) is 0 Å². The Balaban J connectivity index is 1.07. The van der Waals surface area contributed by atoms with Crippen LogP contribution in [-0.4, -0.2) is 28.8 Å². The molecule has 0 spiro atoms. The Morgan fingerprint density at radius 3 is 1.33 bits per heavy atom. The summed E-state index contributed by atoms with van der Waals surface area (Å²) < 4.78 is 4.89. The Kier molecular flexibility index (Phi) is 7.58. The number of aromatic nitrogens is 2. The Bertz CT molecular complexity index is 3030. The van der Waals surface area contributed by atoms with Gasteiger partial charge in [-0.25, -0.2) is 0 Å². The smallest absolute Gasteiger partial charge is 0.0641 e. The molecular weight excluding hydrogens is 672 g/mol. The van der Waals surface area contributed by atoms with Crippen LogP contribution in [0, 0.1) is 0 Å². The molecular formula is C51H39N2P. The minimum absolute atomic E-state index is 1.15. The summed E-state index contributed by atoms with van der Waals surface area (Å²) in [5, 5.41) is 6.38. The molecule has 0 saturated carbocycles. The fourth-order valence-electron chi connectivity index (χ4n) is 8.20. The number of para-hydroxylation sites is 2. The molecule has 8 aromatic carbocycles. The molecule has 0 aliphatic carbocycles. The van der Waals surface area contributed by atoms with Gasteiger partial charge in [-0.1, -0.05) is 159 Å². The topological polar surface area (TPSA) is 9.86 Å². The van der Waals surface area contributed by atoms with Crippen LogP contribution in [0.15, 0.2) is 188 Å². The number of hydrogen-bond acceptors (Lipinski definition) is 0. The minimum atomic E-state index is -1.36. The van der Waals surface area contributed by atoms with E-state index in [2.05, 4.69) is 217 Å². The van der Waals surface area contributed by atoms with E-state index >= 15 is 0 Å². The number of rotatable bonds is 6. The van der Waals surface area contributed by atoms with Crippen molar-refractivity contribution in [1.29, 1.82) is 0 Å². The molecule has 0 aliphatic heterocycles. The van der Waals surface area contributed by atoms with Crippen LogP contribution in [0.1, 0.15) is 0 Å². The summed E-state index contributed by atoms with van der Waals surface area (Å²) in [6, 6.07) is 68.7. The molecule has 0 amide bonds. The molecule has 0 aliphatic rings. The quantitative estimate of drug-likeness (QED) is 0.152. The molecule has 10 aromatic rings. The lowest BCUT2D eigenvalue weighted by Crippen LogP contribution is -2.04. The molecule has 0 N–H and O–H groups in total. The third-order valence-corrected chi connectivity index (χ3v) is 12.6. The summed E-state index contributed by atoms with van der Waals surface area (Å²) in [6.45, 7) is 3.18. The van der Waals surface area contributed by atoms with Gasteiger partial charge in [-0.15, -0.1) is 0 Å². The zero-order valence-electron chi connectivity index (χ0n) is 30.4. The highest BCUT2D eigenvalue weighted by Crippen LogP contribution is 2.42. The molecule has 2 aromatic heterocycles. The van der Waals surface area contributed by atoms with Gasteiger partial charge in [-0.05, 0) is 94.5 Å². The van der Waals surface area contributed by atoms with Crippen LogP contribution in [0.2, 0.25) is 0 Å². The average molecular weight is 711 g/mol. The molecule has 2 heterocycles. The van der Waals surface area contributed by atoms with Crippen LogP contribution in [0.25, 0.3) is 88.4 Å². The van der Waals surface area contributed by atoms with Gasteiger partial charge in [0.2, 0.25) is 0 Å². The Labute approximate surface area is 316 Å². The van der Waals surface area contributed by atoms with Gasteiger partial charge in [0.1, 0.15) is 0 Å². The summed E-state index contributed by atoms with van der Waals surface area (Å²) in [6.07, 6.45) is 4.48. The fourth-order valence-corrected chi connectivity index (χ4v) is 9.16. The first-order valence-corrected chi connectivity index (χ1v) is 21.4. The van der Waals surface area contributed by atoms with Gasteiger partial charge in [-0.3, -0.25) is 0 Å². The number of nitrogens with zero attached hydrogens (tertiary/aromatic N) is 2. The Morgan fingerprint density at radius 1 is 0.352 bits per heavy atom. The van der Waals surface area contributed by atoms with Crippen molar-refractivity contribution < 1.29 is 0 Å². The summed E-state index contributed by atoms with van der Waals surface area (Å²) >= 11 is 0. The molecule has 0 radical (unpaired) electrons. The van der Waals surface area contributed by atoms with Gasteiger partial charge in [0.25, 0.3) is 0 Å². The molecule has 258 valence electrons. The van der Waals surface area contributed by atoms with E-state index in [1.165, 1.54) is 88.0 Å². The molecule has 0 bridgehead atoms.